The third kappa shape index (κ3) is 7.08. The first-order valence-corrected chi connectivity index (χ1v) is 8.46. The minimum Gasteiger partial charge on any atom is -0.497 e. The van der Waals surface area contributed by atoms with E-state index in [1.165, 1.54) is 0 Å². The molecule has 0 saturated heterocycles. The molecule has 0 aliphatic carbocycles. The second kappa shape index (κ2) is 10.1. The number of anilines is 2. The monoisotopic (exact) mass is 340 g/mol. The summed E-state index contributed by atoms with van der Waals surface area (Å²) in [5.74, 6) is 0.691. The van der Waals surface area contributed by atoms with E-state index in [0.29, 0.717) is 18.6 Å². The minimum absolute atomic E-state index is 0.00651. The van der Waals surface area contributed by atoms with Crippen LogP contribution in [-0.4, -0.2) is 18.9 Å². The summed E-state index contributed by atoms with van der Waals surface area (Å²) in [5, 5.41) is 5.71. The average Bonchev–Trinajstić information content (AvgIpc) is 2.62. The molecule has 0 aliphatic rings. The molecule has 2 aromatic rings. The van der Waals surface area contributed by atoms with E-state index < -0.39 is 0 Å². The van der Waals surface area contributed by atoms with Gasteiger partial charge < -0.3 is 15.4 Å². The van der Waals surface area contributed by atoms with Crippen LogP contribution in [0.1, 0.15) is 32.1 Å². The number of para-hydroxylation sites is 1. The molecule has 2 amide bonds. The number of carbonyl (C=O) groups is 2. The van der Waals surface area contributed by atoms with Gasteiger partial charge >= 0.3 is 0 Å². The lowest BCUT2D eigenvalue weighted by molar-refractivity contribution is -0.116. The summed E-state index contributed by atoms with van der Waals surface area (Å²) in [7, 11) is 1.59. The van der Waals surface area contributed by atoms with Gasteiger partial charge in [-0.25, -0.2) is 0 Å². The number of hydrogen-bond acceptors (Lipinski definition) is 3. The molecule has 0 atom stereocenters. The lowest BCUT2D eigenvalue weighted by Crippen LogP contribution is -2.12. The summed E-state index contributed by atoms with van der Waals surface area (Å²) in [6.07, 6.45) is 3.27. The maximum absolute atomic E-state index is 11.9. The molecule has 0 unspecified atom stereocenters. The fourth-order valence-corrected chi connectivity index (χ4v) is 2.42. The van der Waals surface area contributed by atoms with Crippen molar-refractivity contribution in [1.29, 1.82) is 0 Å². The lowest BCUT2D eigenvalue weighted by atomic mass is 10.1. The first-order chi connectivity index (χ1) is 12.2. The Morgan fingerprint density at radius 2 is 1.40 bits per heavy atom. The summed E-state index contributed by atoms with van der Waals surface area (Å²) in [6.45, 7) is 0. The minimum atomic E-state index is -0.0259. The van der Waals surface area contributed by atoms with Crippen molar-refractivity contribution in [2.45, 2.75) is 32.1 Å². The zero-order chi connectivity index (χ0) is 17.9. The molecule has 5 nitrogen and oxygen atoms in total. The topological polar surface area (TPSA) is 67.4 Å². The Hall–Kier alpha value is -2.82. The van der Waals surface area contributed by atoms with Crippen molar-refractivity contribution in [3.63, 3.8) is 0 Å². The largest absolute Gasteiger partial charge is 0.497 e. The average molecular weight is 340 g/mol. The van der Waals surface area contributed by atoms with Gasteiger partial charge in [-0.05, 0) is 37.1 Å². The molecule has 0 aromatic heterocycles. The van der Waals surface area contributed by atoms with E-state index in [4.69, 9.17) is 4.74 Å². The van der Waals surface area contributed by atoms with E-state index in [1.807, 2.05) is 48.5 Å². The summed E-state index contributed by atoms with van der Waals surface area (Å²) < 4.78 is 5.13. The second-order valence-electron chi connectivity index (χ2n) is 5.75. The highest BCUT2D eigenvalue weighted by atomic mass is 16.5. The molecule has 0 heterocycles. The SMILES string of the molecule is COc1cccc(NC(=O)CCCCCC(=O)Nc2ccccc2)c1. The van der Waals surface area contributed by atoms with Gasteiger partial charge in [-0.2, -0.15) is 0 Å². The molecule has 132 valence electrons. The number of ether oxygens (including phenoxy) is 1. The molecule has 0 fully saturated rings. The van der Waals surface area contributed by atoms with E-state index >= 15 is 0 Å². The van der Waals surface area contributed by atoms with E-state index in [0.717, 1.165) is 30.6 Å². The van der Waals surface area contributed by atoms with Crippen LogP contribution in [-0.2, 0) is 9.59 Å². The van der Waals surface area contributed by atoms with Crippen molar-refractivity contribution in [1.82, 2.24) is 0 Å². The van der Waals surface area contributed by atoms with Crippen LogP contribution in [0.4, 0.5) is 11.4 Å². The fraction of sp³-hybridized carbons (Fsp3) is 0.300. The summed E-state index contributed by atoms with van der Waals surface area (Å²) in [5.41, 5.74) is 1.54. The number of nitrogens with one attached hydrogen (secondary N) is 2. The number of carbonyl (C=O) groups excluding carboxylic acids is 2. The van der Waals surface area contributed by atoms with Crippen molar-refractivity contribution >= 4 is 23.2 Å². The van der Waals surface area contributed by atoms with Crippen LogP contribution in [0.15, 0.2) is 54.6 Å². The van der Waals surface area contributed by atoms with Crippen LogP contribution in [0.3, 0.4) is 0 Å². The van der Waals surface area contributed by atoms with Gasteiger partial charge in [0.25, 0.3) is 0 Å². The van der Waals surface area contributed by atoms with E-state index in [-0.39, 0.29) is 11.8 Å². The third-order valence-corrected chi connectivity index (χ3v) is 3.72. The van der Waals surface area contributed by atoms with Gasteiger partial charge in [0.15, 0.2) is 0 Å². The first kappa shape index (κ1) is 18.5. The Morgan fingerprint density at radius 1 is 0.800 bits per heavy atom. The molecule has 2 N–H and O–H groups in total. The second-order valence-corrected chi connectivity index (χ2v) is 5.75. The molecule has 0 aliphatic heterocycles. The standard InChI is InChI=1S/C20H24N2O3/c1-25-18-12-8-11-17(15-18)22-20(24)14-7-3-6-13-19(23)21-16-9-4-2-5-10-16/h2,4-5,8-12,15H,3,6-7,13-14H2,1H3,(H,21,23)(H,22,24). The highest BCUT2D eigenvalue weighted by Gasteiger charge is 2.05. The molecular formula is C20H24N2O3. The maximum Gasteiger partial charge on any atom is 0.224 e. The van der Waals surface area contributed by atoms with Gasteiger partial charge in [0, 0.05) is 30.3 Å². The highest BCUT2D eigenvalue weighted by Crippen LogP contribution is 2.17. The van der Waals surface area contributed by atoms with Crippen LogP contribution in [0.2, 0.25) is 0 Å². The van der Waals surface area contributed by atoms with Crippen molar-refractivity contribution in [2.24, 2.45) is 0 Å². The first-order valence-electron chi connectivity index (χ1n) is 8.46. The maximum atomic E-state index is 11.9. The molecule has 0 spiro atoms. The smallest absolute Gasteiger partial charge is 0.224 e. The normalized spacial score (nSPS) is 10.1. The van der Waals surface area contributed by atoms with Crippen molar-refractivity contribution in [3.05, 3.63) is 54.6 Å². The predicted molar refractivity (Wildman–Crippen MR) is 99.8 cm³/mol. The lowest BCUT2D eigenvalue weighted by Gasteiger charge is -2.07. The molecular weight excluding hydrogens is 316 g/mol. The Morgan fingerprint density at radius 3 is 2.04 bits per heavy atom. The van der Waals surface area contributed by atoms with Crippen LogP contribution in [0.25, 0.3) is 0 Å². The highest BCUT2D eigenvalue weighted by molar-refractivity contribution is 5.91. The number of benzene rings is 2. The molecule has 2 rings (SSSR count). The van der Waals surface area contributed by atoms with Crippen LogP contribution in [0, 0.1) is 0 Å². The van der Waals surface area contributed by atoms with Gasteiger partial charge in [0.1, 0.15) is 5.75 Å². The number of unbranched alkanes of at least 4 members (excludes halogenated alkanes) is 2. The quantitative estimate of drug-likeness (QED) is 0.672. The zero-order valence-corrected chi connectivity index (χ0v) is 14.5. The Balaban J connectivity index is 1.59. The summed E-state index contributed by atoms with van der Waals surface area (Å²) in [4.78, 5) is 23.7. The van der Waals surface area contributed by atoms with Crippen LogP contribution in [0.5, 0.6) is 5.75 Å². The summed E-state index contributed by atoms with van der Waals surface area (Å²) >= 11 is 0. The van der Waals surface area contributed by atoms with Crippen LogP contribution < -0.4 is 15.4 Å². The van der Waals surface area contributed by atoms with Crippen molar-refractivity contribution < 1.29 is 14.3 Å². The molecule has 2 aromatic carbocycles. The molecule has 5 heteroatoms. The van der Waals surface area contributed by atoms with E-state index in [1.54, 1.807) is 13.2 Å². The zero-order valence-electron chi connectivity index (χ0n) is 14.5. The Bertz CT molecular complexity index is 686. The third-order valence-electron chi connectivity index (χ3n) is 3.72. The fourth-order valence-electron chi connectivity index (χ4n) is 2.42. The number of amides is 2. The van der Waals surface area contributed by atoms with Gasteiger partial charge in [-0.15, -0.1) is 0 Å². The number of rotatable bonds is 9. The van der Waals surface area contributed by atoms with Gasteiger partial charge in [-0.3, -0.25) is 9.59 Å². The van der Waals surface area contributed by atoms with Crippen molar-refractivity contribution in [3.8, 4) is 5.75 Å². The predicted octanol–water partition coefficient (Wildman–Crippen LogP) is 4.22. The van der Waals surface area contributed by atoms with Gasteiger partial charge in [0.2, 0.25) is 11.8 Å². The molecule has 0 radical (unpaired) electrons. The molecule has 0 bridgehead atoms. The van der Waals surface area contributed by atoms with Gasteiger partial charge in [0.05, 0.1) is 7.11 Å². The number of methoxy groups -OCH3 is 1. The van der Waals surface area contributed by atoms with Crippen LogP contribution >= 0.6 is 0 Å². The molecule has 0 saturated carbocycles. The Kier molecular flexibility index (Phi) is 7.50. The summed E-state index contributed by atoms with van der Waals surface area (Å²) in [6, 6.07) is 16.7. The van der Waals surface area contributed by atoms with E-state index in [2.05, 4.69) is 10.6 Å². The Labute approximate surface area is 148 Å². The molecule has 25 heavy (non-hydrogen) atoms. The van der Waals surface area contributed by atoms with E-state index in [9.17, 15) is 9.59 Å². The van der Waals surface area contributed by atoms with Crippen molar-refractivity contribution in [2.75, 3.05) is 17.7 Å². The number of hydrogen-bond donors (Lipinski definition) is 2. The van der Waals surface area contributed by atoms with Gasteiger partial charge in [-0.1, -0.05) is 30.7 Å².